The van der Waals surface area contributed by atoms with Crippen LogP contribution in [0.4, 0.5) is 0 Å². The summed E-state index contributed by atoms with van der Waals surface area (Å²) >= 11 is 0. The molecule has 1 aromatic carbocycles. The van der Waals surface area contributed by atoms with Gasteiger partial charge in [-0.3, -0.25) is 9.59 Å². The molecule has 20 heavy (non-hydrogen) atoms. The molecule has 106 valence electrons. The zero-order chi connectivity index (χ0) is 14.5. The van der Waals surface area contributed by atoms with Crippen molar-refractivity contribution in [3.63, 3.8) is 0 Å². The zero-order valence-corrected chi connectivity index (χ0v) is 11.6. The van der Waals surface area contributed by atoms with E-state index >= 15 is 0 Å². The molecule has 1 N–H and O–H groups in total. The SMILES string of the molecule is CN(CCCC(=O)O)C(=O)c1ccc2c(c1)CCC=C2. The molecule has 0 fully saturated rings. The van der Waals surface area contributed by atoms with Crippen LogP contribution in [0.1, 0.15) is 40.7 Å². The maximum atomic E-state index is 12.3. The van der Waals surface area contributed by atoms with Gasteiger partial charge in [-0.1, -0.05) is 18.2 Å². The number of nitrogens with zero attached hydrogens (tertiary/aromatic N) is 1. The first-order chi connectivity index (χ1) is 9.58. The largest absolute Gasteiger partial charge is 0.481 e. The van der Waals surface area contributed by atoms with Crippen LogP contribution in [0.25, 0.3) is 6.08 Å². The first kappa shape index (κ1) is 14.3. The van der Waals surface area contributed by atoms with Crippen LogP contribution in [0.2, 0.25) is 0 Å². The summed E-state index contributed by atoms with van der Waals surface area (Å²) in [5.74, 6) is -0.876. The maximum Gasteiger partial charge on any atom is 0.303 e. The lowest BCUT2D eigenvalue weighted by atomic mass is 9.95. The Morgan fingerprint density at radius 2 is 2.15 bits per heavy atom. The molecule has 0 saturated heterocycles. The third-order valence-electron chi connectivity index (χ3n) is 3.50. The molecular weight excluding hydrogens is 254 g/mol. The number of carboxylic acid groups (broad SMARTS) is 1. The minimum absolute atomic E-state index is 0.0484. The number of aryl methyl sites for hydroxylation is 1. The second-order valence-corrected chi connectivity index (χ2v) is 5.08. The number of hydrogen-bond acceptors (Lipinski definition) is 2. The van der Waals surface area contributed by atoms with Gasteiger partial charge in [0.2, 0.25) is 0 Å². The van der Waals surface area contributed by atoms with Gasteiger partial charge in [-0.05, 0) is 42.5 Å². The molecule has 1 aromatic rings. The number of fused-ring (bicyclic) bond motifs is 1. The van der Waals surface area contributed by atoms with Crippen molar-refractivity contribution in [2.24, 2.45) is 0 Å². The second-order valence-electron chi connectivity index (χ2n) is 5.08. The molecule has 4 heteroatoms. The topological polar surface area (TPSA) is 57.6 Å². The number of rotatable bonds is 5. The lowest BCUT2D eigenvalue weighted by molar-refractivity contribution is -0.137. The third-order valence-corrected chi connectivity index (χ3v) is 3.50. The highest BCUT2D eigenvalue weighted by Gasteiger charge is 2.14. The Morgan fingerprint density at radius 3 is 2.90 bits per heavy atom. The lowest BCUT2D eigenvalue weighted by Crippen LogP contribution is -2.28. The van der Waals surface area contributed by atoms with E-state index in [2.05, 4.69) is 12.2 Å². The summed E-state index contributed by atoms with van der Waals surface area (Å²) in [5, 5.41) is 8.60. The van der Waals surface area contributed by atoms with E-state index in [1.54, 1.807) is 11.9 Å². The Hall–Kier alpha value is -2.10. The number of carboxylic acids is 1. The number of carbonyl (C=O) groups excluding carboxylic acids is 1. The summed E-state index contributed by atoms with van der Waals surface area (Å²) in [7, 11) is 1.71. The van der Waals surface area contributed by atoms with E-state index in [1.807, 2.05) is 18.2 Å². The van der Waals surface area contributed by atoms with Gasteiger partial charge < -0.3 is 10.0 Å². The minimum atomic E-state index is -0.827. The second kappa shape index (κ2) is 6.37. The fourth-order valence-electron chi connectivity index (χ4n) is 2.36. The molecule has 0 radical (unpaired) electrons. The molecule has 1 amide bonds. The molecule has 1 aliphatic rings. The minimum Gasteiger partial charge on any atom is -0.481 e. The molecule has 0 atom stereocenters. The van der Waals surface area contributed by atoms with E-state index in [9.17, 15) is 9.59 Å². The summed E-state index contributed by atoms with van der Waals surface area (Å²) in [5.41, 5.74) is 3.07. The van der Waals surface area contributed by atoms with Gasteiger partial charge in [0.1, 0.15) is 0 Å². The van der Waals surface area contributed by atoms with Gasteiger partial charge >= 0.3 is 5.97 Å². The van der Waals surface area contributed by atoms with Crippen LogP contribution in [-0.4, -0.2) is 35.5 Å². The normalized spacial score (nSPS) is 12.8. The van der Waals surface area contributed by atoms with Gasteiger partial charge in [0, 0.05) is 25.6 Å². The molecule has 0 spiro atoms. The van der Waals surface area contributed by atoms with Crippen LogP contribution in [0.3, 0.4) is 0 Å². The van der Waals surface area contributed by atoms with Crippen molar-refractivity contribution in [1.29, 1.82) is 0 Å². The van der Waals surface area contributed by atoms with Crippen molar-refractivity contribution >= 4 is 18.0 Å². The number of allylic oxidation sites excluding steroid dienone is 1. The van der Waals surface area contributed by atoms with Crippen molar-refractivity contribution < 1.29 is 14.7 Å². The molecule has 2 rings (SSSR count). The molecular formula is C16H19NO3. The Balaban J connectivity index is 2.01. The molecule has 0 heterocycles. The summed E-state index contributed by atoms with van der Waals surface area (Å²) in [6.45, 7) is 0.460. The zero-order valence-electron chi connectivity index (χ0n) is 11.6. The predicted octanol–water partition coefficient (Wildman–Crippen LogP) is 2.58. The highest BCUT2D eigenvalue weighted by Crippen LogP contribution is 2.21. The van der Waals surface area contributed by atoms with Gasteiger partial charge in [0.05, 0.1) is 0 Å². The molecule has 4 nitrogen and oxygen atoms in total. The molecule has 0 aliphatic heterocycles. The lowest BCUT2D eigenvalue weighted by Gasteiger charge is -2.18. The van der Waals surface area contributed by atoms with Crippen LogP contribution in [0.15, 0.2) is 24.3 Å². The average Bonchev–Trinajstić information content (AvgIpc) is 2.45. The van der Waals surface area contributed by atoms with Crippen LogP contribution in [-0.2, 0) is 11.2 Å². The van der Waals surface area contributed by atoms with Gasteiger partial charge in [0.25, 0.3) is 5.91 Å². The van der Waals surface area contributed by atoms with E-state index < -0.39 is 5.97 Å². The van der Waals surface area contributed by atoms with E-state index in [-0.39, 0.29) is 12.3 Å². The number of benzene rings is 1. The molecule has 0 saturated carbocycles. The number of aliphatic carboxylic acids is 1. The quantitative estimate of drug-likeness (QED) is 0.897. The van der Waals surface area contributed by atoms with Crippen molar-refractivity contribution in [3.05, 3.63) is 41.0 Å². The monoisotopic (exact) mass is 273 g/mol. The van der Waals surface area contributed by atoms with Crippen molar-refractivity contribution in [1.82, 2.24) is 4.90 Å². The Bertz CT molecular complexity index is 549. The smallest absolute Gasteiger partial charge is 0.303 e. The van der Waals surface area contributed by atoms with Crippen LogP contribution in [0.5, 0.6) is 0 Å². The first-order valence-electron chi connectivity index (χ1n) is 6.84. The summed E-state index contributed by atoms with van der Waals surface area (Å²) < 4.78 is 0. The molecule has 1 aliphatic carbocycles. The fraction of sp³-hybridized carbons (Fsp3) is 0.375. The van der Waals surface area contributed by atoms with E-state index in [0.717, 1.165) is 12.8 Å². The Labute approximate surface area is 118 Å². The summed E-state index contributed by atoms with van der Waals surface area (Å²) in [6, 6.07) is 5.77. The fourth-order valence-corrected chi connectivity index (χ4v) is 2.36. The first-order valence-corrected chi connectivity index (χ1v) is 6.84. The van der Waals surface area contributed by atoms with E-state index in [0.29, 0.717) is 18.5 Å². The van der Waals surface area contributed by atoms with E-state index in [1.165, 1.54) is 11.1 Å². The van der Waals surface area contributed by atoms with Crippen molar-refractivity contribution in [2.75, 3.05) is 13.6 Å². The van der Waals surface area contributed by atoms with Crippen LogP contribution >= 0.6 is 0 Å². The number of carbonyl (C=O) groups is 2. The van der Waals surface area contributed by atoms with E-state index in [4.69, 9.17) is 5.11 Å². The van der Waals surface area contributed by atoms with Crippen LogP contribution in [0, 0.1) is 0 Å². The van der Waals surface area contributed by atoms with Crippen molar-refractivity contribution in [3.8, 4) is 0 Å². The van der Waals surface area contributed by atoms with Gasteiger partial charge in [-0.25, -0.2) is 0 Å². The molecule has 0 aromatic heterocycles. The average molecular weight is 273 g/mol. The Kier molecular flexibility index (Phi) is 4.56. The number of hydrogen-bond donors (Lipinski definition) is 1. The van der Waals surface area contributed by atoms with Gasteiger partial charge in [-0.15, -0.1) is 0 Å². The summed E-state index contributed by atoms with van der Waals surface area (Å²) in [6.07, 6.45) is 6.78. The standard InChI is InChI=1S/C16H19NO3/c1-17(10-4-7-15(18)19)16(20)14-9-8-12-5-2-3-6-13(12)11-14/h2,5,8-9,11H,3-4,6-7,10H2,1H3,(H,18,19). The van der Waals surface area contributed by atoms with Crippen molar-refractivity contribution in [2.45, 2.75) is 25.7 Å². The highest BCUT2D eigenvalue weighted by molar-refractivity contribution is 5.94. The Morgan fingerprint density at radius 1 is 1.35 bits per heavy atom. The summed E-state index contributed by atoms with van der Waals surface area (Å²) in [4.78, 5) is 24.3. The highest BCUT2D eigenvalue weighted by atomic mass is 16.4. The van der Waals surface area contributed by atoms with Crippen LogP contribution < -0.4 is 0 Å². The third kappa shape index (κ3) is 3.47. The molecule has 0 bridgehead atoms. The molecule has 0 unspecified atom stereocenters. The predicted molar refractivity (Wildman–Crippen MR) is 77.6 cm³/mol. The number of amides is 1. The maximum absolute atomic E-state index is 12.3. The van der Waals surface area contributed by atoms with Gasteiger partial charge in [-0.2, -0.15) is 0 Å². The van der Waals surface area contributed by atoms with Gasteiger partial charge in [0.15, 0.2) is 0 Å².